The highest BCUT2D eigenvalue weighted by atomic mass is 35.5. The molecule has 1 unspecified atom stereocenters. The molecule has 0 aliphatic carbocycles. The topological polar surface area (TPSA) is 79.9 Å². The van der Waals surface area contributed by atoms with Crippen LogP contribution in [0.1, 0.15) is 16.8 Å². The van der Waals surface area contributed by atoms with Gasteiger partial charge in [0, 0.05) is 38.7 Å². The molecule has 0 spiro atoms. The van der Waals surface area contributed by atoms with Gasteiger partial charge in [0.1, 0.15) is 5.75 Å². The molecule has 1 atom stereocenters. The molecular weight excluding hydrogens is 334 g/mol. The molecule has 134 valence electrons. The summed E-state index contributed by atoms with van der Waals surface area (Å²) in [6, 6.07) is 4.99. The number of carbonyl (C=O) groups excluding carboxylic acids is 2. The Morgan fingerprint density at radius 1 is 1.42 bits per heavy atom. The Labute approximate surface area is 148 Å². The molecule has 8 heteroatoms. The van der Waals surface area contributed by atoms with Crippen LogP contribution in [0.15, 0.2) is 18.2 Å². The lowest BCUT2D eigenvalue weighted by Gasteiger charge is -2.23. The van der Waals surface area contributed by atoms with Crippen molar-refractivity contribution in [2.75, 3.05) is 46.3 Å². The van der Waals surface area contributed by atoms with Gasteiger partial charge in [-0.15, -0.1) is 12.4 Å². The Morgan fingerprint density at radius 2 is 2.17 bits per heavy atom. The summed E-state index contributed by atoms with van der Waals surface area (Å²) in [6.45, 7) is 1.96. The van der Waals surface area contributed by atoms with E-state index in [4.69, 9.17) is 9.47 Å². The largest absolute Gasteiger partial charge is 0.495 e. The fourth-order valence-corrected chi connectivity index (χ4v) is 2.36. The van der Waals surface area contributed by atoms with Crippen LogP contribution in [0.25, 0.3) is 0 Å². The predicted octanol–water partition coefficient (Wildman–Crippen LogP) is 1.14. The lowest BCUT2D eigenvalue weighted by Crippen LogP contribution is -2.43. The van der Waals surface area contributed by atoms with Crippen LogP contribution >= 0.6 is 12.4 Å². The second kappa shape index (κ2) is 9.46. The van der Waals surface area contributed by atoms with Crippen LogP contribution in [-0.2, 0) is 9.53 Å². The molecule has 0 aromatic heterocycles. The third-order valence-electron chi connectivity index (χ3n) is 3.56. The molecule has 1 aromatic rings. The van der Waals surface area contributed by atoms with Crippen molar-refractivity contribution in [3.8, 4) is 5.75 Å². The number of ether oxygens (including phenoxy) is 2. The average molecular weight is 358 g/mol. The van der Waals surface area contributed by atoms with Crippen LogP contribution in [0.5, 0.6) is 5.75 Å². The normalized spacial score (nSPS) is 16.7. The number of morpholine rings is 1. The number of anilines is 1. The molecule has 1 heterocycles. The number of nitrogens with zero attached hydrogens (tertiary/aromatic N) is 1. The molecule has 2 rings (SSSR count). The fraction of sp³-hybridized carbons (Fsp3) is 0.500. The van der Waals surface area contributed by atoms with E-state index < -0.39 is 0 Å². The summed E-state index contributed by atoms with van der Waals surface area (Å²) in [5.41, 5.74) is 1.05. The quantitative estimate of drug-likeness (QED) is 0.826. The van der Waals surface area contributed by atoms with Crippen molar-refractivity contribution >= 4 is 29.9 Å². The molecule has 0 bridgehead atoms. The zero-order valence-corrected chi connectivity index (χ0v) is 14.9. The number of amides is 2. The number of methoxy groups -OCH3 is 1. The number of carbonyl (C=O) groups is 2. The molecule has 2 amide bonds. The smallest absolute Gasteiger partial charge is 0.253 e. The summed E-state index contributed by atoms with van der Waals surface area (Å²) in [4.78, 5) is 25.6. The van der Waals surface area contributed by atoms with E-state index >= 15 is 0 Å². The third kappa shape index (κ3) is 5.36. The number of hydrogen-bond acceptors (Lipinski definition) is 5. The van der Waals surface area contributed by atoms with Crippen molar-refractivity contribution in [2.24, 2.45) is 0 Å². The predicted molar refractivity (Wildman–Crippen MR) is 94.1 cm³/mol. The Hall–Kier alpha value is -1.83. The molecule has 1 saturated heterocycles. The zero-order chi connectivity index (χ0) is 16.8. The Kier molecular flexibility index (Phi) is 7.97. The Morgan fingerprint density at radius 3 is 2.75 bits per heavy atom. The summed E-state index contributed by atoms with van der Waals surface area (Å²) in [7, 11) is 4.87. The average Bonchev–Trinajstić information content (AvgIpc) is 2.55. The molecule has 1 fully saturated rings. The molecule has 2 N–H and O–H groups in total. The standard InChI is InChI=1S/C16H23N3O4.ClH/c1-19(2)16(21)11-4-5-13(14(8-11)22-3)18-15(20)9-12-10-23-7-6-17-12;/h4-5,8,12,17H,6-7,9-10H2,1-3H3,(H,18,20);1H. The first-order chi connectivity index (χ1) is 11.0. The zero-order valence-electron chi connectivity index (χ0n) is 14.1. The highest BCUT2D eigenvalue weighted by Crippen LogP contribution is 2.26. The van der Waals surface area contributed by atoms with Crippen LogP contribution in [-0.4, -0.2) is 63.7 Å². The van der Waals surface area contributed by atoms with E-state index in [0.717, 1.165) is 6.54 Å². The summed E-state index contributed by atoms with van der Waals surface area (Å²) >= 11 is 0. The molecule has 1 aliphatic heterocycles. The second-order valence-electron chi connectivity index (χ2n) is 5.59. The third-order valence-corrected chi connectivity index (χ3v) is 3.56. The van der Waals surface area contributed by atoms with Crippen molar-refractivity contribution in [1.29, 1.82) is 0 Å². The van der Waals surface area contributed by atoms with E-state index in [1.165, 1.54) is 12.0 Å². The first kappa shape index (κ1) is 20.2. The second-order valence-corrected chi connectivity index (χ2v) is 5.59. The van der Waals surface area contributed by atoms with E-state index in [1.807, 2.05) is 0 Å². The highest BCUT2D eigenvalue weighted by molar-refractivity contribution is 5.97. The van der Waals surface area contributed by atoms with Crippen LogP contribution in [0, 0.1) is 0 Å². The van der Waals surface area contributed by atoms with E-state index in [0.29, 0.717) is 36.6 Å². The SMILES string of the molecule is COc1cc(C(=O)N(C)C)ccc1NC(=O)CC1COCCN1.Cl. The van der Waals surface area contributed by atoms with E-state index in [9.17, 15) is 9.59 Å². The molecule has 1 aliphatic rings. The van der Waals surface area contributed by atoms with Gasteiger partial charge in [0.15, 0.2) is 0 Å². The maximum Gasteiger partial charge on any atom is 0.253 e. The first-order valence-electron chi connectivity index (χ1n) is 7.52. The highest BCUT2D eigenvalue weighted by Gasteiger charge is 2.18. The molecule has 7 nitrogen and oxygen atoms in total. The van der Waals surface area contributed by atoms with E-state index in [1.54, 1.807) is 32.3 Å². The maximum absolute atomic E-state index is 12.1. The summed E-state index contributed by atoms with van der Waals surface area (Å²) in [5, 5.41) is 6.05. The summed E-state index contributed by atoms with van der Waals surface area (Å²) in [5.74, 6) is 0.210. The Balaban J connectivity index is 0.00000288. The van der Waals surface area contributed by atoms with Gasteiger partial charge in [0.25, 0.3) is 5.91 Å². The van der Waals surface area contributed by atoms with E-state index in [2.05, 4.69) is 10.6 Å². The van der Waals surface area contributed by atoms with Crippen LogP contribution in [0.3, 0.4) is 0 Å². The van der Waals surface area contributed by atoms with Crippen molar-refractivity contribution in [3.05, 3.63) is 23.8 Å². The number of rotatable bonds is 5. The monoisotopic (exact) mass is 357 g/mol. The minimum Gasteiger partial charge on any atom is -0.495 e. The summed E-state index contributed by atoms with van der Waals surface area (Å²) in [6.07, 6.45) is 0.321. The number of nitrogens with one attached hydrogen (secondary N) is 2. The number of hydrogen-bond donors (Lipinski definition) is 2. The lowest BCUT2D eigenvalue weighted by molar-refractivity contribution is -0.117. The van der Waals surface area contributed by atoms with Crippen molar-refractivity contribution in [2.45, 2.75) is 12.5 Å². The van der Waals surface area contributed by atoms with E-state index in [-0.39, 0.29) is 30.3 Å². The van der Waals surface area contributed by atoms with Gasteiger partial charge in [-0.05, 0) is 18.2 Å². The van der Waals surface area contributed by atoms with Crippen molar-refractivity contribution in [1.82, 2.24) is 10.2 Å². The van der Waals surface area contributed by atoms with Gasteiger partial charge < -0.3 is 25.0 Å². The van der Waals surface area contributed by atoms with Gasteiger partial charge in [0.05, 0.1) is 26.0 Å². The van der Waals surface area contributed by atoms with Crippen LogP contribution in [0.2, 0.25) is 0 Å². The van der Waals surface area contributed by atoms with Gasteiger partial charge in [0.2, 0.25) is 5.91 Å². The van der Waals surface area contributed by atoms with Gasteiger partial charge in [-0.25, -0.2) is 0 Å². The summed E-state index contributed by atoms with van der Waals surface area (Å²) < 4.78 is 10.6. The van der Waals surface area contributed by atoms with Gasteiger partial charge in [-0.3, -0.25) is 9.59 Å². The van der Waals surface area contributed by atoms with Crippen LogP contribution in [0.4, 0.5) is 5.69 Å². The number of benzene rings is 1. The first-order valence-corrected chi connectivity index (χ1v) is 7.52. The van der Waals surface area contributed by atoms with Gasteiger partial charge in [-0.1, -0.05) is 0 Å². The lowest BCUT2D eigenvalue weighted by atomic mass is 10.1. The molecule has 0 saturated carbocycles. The maximum atomic E-state index is 12.1. The van der Waals surface area contributed by atoms with Gasteiger partial charge in [-0.2, -0.15) is 0 Å². The molecule has 0 radical (unpaired) electrons. The van der Waals surface area contributed by atoms with Crippen LogP contribution < -0.4 is 15.4 Å². The van der Waals surface area contributed by atoms with Crippen molar-refractivity contribution in [3.63, 3.8) is 0 Å². The molecule has 1 aromatic carbocycles. The Bertz CT molecular complexity index is 574. The fourth-order valence-electron chi connectivity index (χ4n) is 2.36. The molecule has 24 heavy (non-hydrogen) atoms. The molecular formula is C16H24ClN3O4. The van der Waals surface area contributed by atoms with Crippen molar-refractivity contribution < 1.29 is 19.1 Å². The van der Waals surface area contributed by atoms with Gasteiger partial charge >= 0.3 is 0 Å². The minimum atomic E-state index is -0.127. The number of halogens is 1. The minimum absolute atomic E-state index is 0.